The van der Waals surface area contributed by atoms with Crippen molar-refractivity contribution in [1.29, 1.82) is 0 Å². The second-order valence-electron chi connectivity index (χ2n) is 6.46. The molecule has 3 amide bonds. The Kier molecular flexibility index (Phi) is 6.83. The molecule has 160 valence electrons. The van der Waals surface area contributed by atoms with Gasteiger partial charge in [0.1, 0.15) is 17.2 Å². The lowest BCUT2D eigenvalue weighted by molar-refractivity contribution is -0.119. The number of anilines is 2. The predicted molar refractivity (Wildman–Crippen MR) is 118 cm³/mol. The van der Waals surface area contributed by atoms with Crippen LogP contribution in [0.3, 0.4) is 0 Å². The Hall–Kier alpha value is -3.92. The molecule has 5 N–H and O–H groups in total. The summed E-state index contributed by atoms with van der Waals surface area (Å²) in [5.74, 6) is -1.43. The third-order valence-corrected chi connectivity index (χ3v) is 5.26. The minimum absolute atomic E-state index is 0.00978. The number of benzene rings is 2. The highest BCUT2D eigenvalue weighted by atomic mass is 32.1. The van der Waals surface area contributed by atoms with Gasteiger partial charge in [-0.25, -0.2) is 0 Å². The summed E-state index contributed by atoms with van der Waals surface area (Å²) in [7, 11) is 1.46. The lowest BCUT2D eigenvalue weighted by Crippen LogP contribution is -2.41. The summed E-state index contributed by atoms with van der Waals surface area (Å²) in [6.07, 6.45) is 0. The topological polar surface area (TPSA) is 141 Å². The molecule has 0 atom stereocenters. The molecule has 9 nitrogen and oxygen atoms in total. The number of nitrogen functional groups attached to an aromatic ring is 1. The minimum Gasteiger partial charge on any atom is -0.495 e. The fraction of sp³-hybridized carbons (Fsp3) is 0.143. The fourth-order valence-electron chi connectivity index (χ4n) is 2.87. The van der Waals surface area contributed by atoms with E-state index in [1.54, 1.807) is 24.3 Å². The number of carbonyl (C=O) groups excluding carboxylic acids is 3. The molecule has 0 bridgehead atoms. The van der Waals surface area contributed by atoms with Crippen LogP contribution in [0.25, 0.3) is 0 Å². The molecule has 0 fully saturated rings. The number of ether oxygens (including phenoxy) is 1. The van der Waals surface area contributed by atoms with Crippen LogP contribution in [0, 0.1) is 0 Å². The quantitative estimate of drug-likeness (QED) is 0.489. The number of nitrogens with zero attached hydrogens (tertiary/aromatic N) is 2. The lowest BCUT2D eigenvalue weighted by Gasteiger charge is -2.23. The molecule has 0 aliphatic heterocycles. The van der Waals surface area contributed by atoms with Crippen molar-refractivity contribution in [2.75, 3.05) is 24.3 Å². The molecule has 1 aromatic heterocycles. The van der Waals surface area contributed by atoms with Gasteiger partial charge in [0.25, 0.3) is 11.8 Å². The Bertz CT molecular complexity index is 1100. The molecule has 2 aromatic carbocycles. The molecule has 0 radical (unpaired) electrons. The first kappa shape index (κ1) is 21.8. The summed E-state index contributed by atoms with van der Waals surface area (Å²) < 4.78 is 9.23. The predicted octanol–water partition coefficient (Wildman–Crippen LogP) is 1.80. The molecule has 3 aromatic rings. The summed E-state index contributed by atoms with van der Waals surface area (Å²) in [4.78, 5) is 38.7. The normalized spacial score (nSPS) is 10.4. The van der Waals surface area contributed by atoms with Gasteiger partial charge in [0.2, 0.25) is 5.91 Å². The number of amides is 3. The Morgan fingerprint density at radius 1 is 1.10 bits per heavy atom. The van der Waals surface area contributed by atoms with Gasteiger partial charge in [-0.15, -0.1) is 0 Å². The van der Waals surface area contributed by atoms with E-state index in [0.717, 1.165) is 17.1 Å². The van der Waals surface area contributed by atoms with Crippen LogP contribution >= 0.6 is 11.5 Å². The smallest absolute Gasteiger partial charge is 0.272 e. The van der Waals surface area contributed by atoms with Crippen LogP contribution < -0.4 is 26.4 Å². The van der Waals surface area contributed by atoms with E-state index in [4.69, 9.17) is 16.2 Å². The summed E-state index contributed by atoms with van der Waals surface area (Å²) in [6, 6.07) is 16.2. The minimum atomic E-state index is -0.836. The van der Waals surface area contributed by atoms with Crippen LogP contribution in [0.2, 0.25) is 0 Å². The van der Waals surface area contributed by atoms with E-state index < -0.39 is 11.8 Å². The number of nitrogens with one attached hydrogen (secondary N) is 1. The van der Waals surface area contributed by atoms with Crippen LogP contribution in [0.15, 0.2) is 54.6 Å². The maximum absolute atomic E-state index is 13.3. The van der Waals surface area contributed by atoms with Gasteiger partial charge in [-0.2, -0.15) is 4.37 Å². The SMILES string of the molecule is COc1ccccc1N(CC(=O)NCc1ccccc1)C(=O)c1snc(C(N)=O)c1N. The third kappa shape index (κ3) is 4.98. The van der Waals surface area contributed by atoms with E-state index >= 15 is 0 Å². The summed E-state index contributed by atoms with van der Waals surface area (Å²) in [5, 5.41) is 2.79. The molecule has 31 heavy (non-hydrogen) atoms. The number of carbonyl (C=O) groups is 3. The van der Waals surface area contributed by atoms with Crippen LogP contribution in [-0.4, -0.2) is 35.7 Å². The van der Waals surface area contributed by atoms with E-state index in [2.05, 4.69) is 9.69 Å². The van der Waals surface area contributed by atoms with E-state index in [1.165, 1.54) is 12.0 Å². The largest absolute Gasteiger partial charge is 0.495 e. The van der Waals surface area contributed by atoms with Crippen molar-refractivity contribution >= 4 is 40.6 Å². The van der Waals surface area contributed by atoms with E-state index in [9.17, 15) is 14.4 Å². The molecule has 0 spiro atoms. The highest BCUT2D eigenvalue weighted by molar-refractivity contribution is 7.09. The molecule has 1 heterocycles. The second-order valence-corrected chi connectivity index (χ2v) is 7.24. The standard InChI is InChI=1S/C21H21N5O4S/c1-30-15-10-6-5-9-14(15)26(12-16(27)24-11-13-7-3-2-4-8-13)21(29)19-17(22)18(20(23)28)25-31-19/h2-10H,11-12,22H2,1H3,(H2,23,28)(H,24,27). The monoisotopic (exact) mass is 439 g/mol. The summed E-state index contributed by atoms with van der Waals surface area (Å²) in [6.45, 7) is 0.0113. The van der Waals surface area contributed by atoms with E-state index in [0.29, 0.717) is 18.0 Å². The van der Waals surface area contributed by atoms with Gasteiger partial charge in [0.05, 0.1) is 18.5 Å². The van der Waals surface area contributed by atoms with Crippen LogP contribution in [0.4, 0.5) is 11.4 Å². The van der Waals surface area contributed by atoms with Gasteiger partial charge < -0.3 is 21.5 Å². The van der Waals surface area contributed by atoms with E-state index in [-0.39, 0.29) is 28.7 Å². The Labute approximate surface area is 182 Å². The molecule has 0 saturated heterocycles. The first-order valence-electron chi connectivity index (χ1n) is 9.22. The third-order valence-electron chi connectivity index (χ3n) is 4.41. The van der Waals surface area contributed by atoms with Crippen molar-refractivity contribution in [2.24, 2.45) is 5.73 Å². The second kappa shape index (κ2) is 9.72. The zero-order valence-electron chi connectivity index (χ0n) is 16.7. The van der Waals surface area contributed by atoms with Crippen LogP contribution in [0.1, 0.15) is 25.7 Å². The molecule has 0 unspecified atom stereocenters. The average molecular weight is 439 g/mol. The fourth-order valence-corrected chi connectivity index (χ4v) is 3.62. The maximum atomic E-state index is 13.3. The zero-order chi connectivity index (χ0) is 22.4. The Morgan fingerprint density at radius 3 is 2.42 bits per heavy atom. The number of hydrogen-bond acceptors (Lipinski definition) is 7. The van der Waals surface area contributed by atoms with Gasteiger partial charge in [0.15, 0.2) is 5.69 Å². The molecular weight excluding hydrogens is 418 g/mol. The van der Waals surface area contributed by atoms with Crippen molar-refractivity contribution < 1.29 is 19.1 Å². The number of aromatic nitrogens is 1. The number of primary amides is 1. The van der Waals surface area contributed by atoms with Crippen molar-refractivity contribution in [1.82, 2.24) is 9.69 Å². The summed E-state index contributed by atoms with van der Waals surface area (Å²) >= 11 is 0.747. The number of hydrogen-bond donors (Lipinski definition) is 3. The number of methoxy groups -OCH3 is 1. The van der Waals surface area contributed by atoms with Gasteiger partial charge in [-0.05, 0) is 29.2 Å². The Morgan fingerprint density at radius 2 is 1.77 bits per heavy atom. The van der Waals surface area contributed by atoms with Crippen molar-refractivity contribution in [3.05, 3.63) is 70.7 Å². The van der Waals surface area contributed by atoms with Gasteiger partial charge in [0, 0.05) is 6.54 Å². The van der Waals surface area contributed by atoms with E-state index in [1.807, 2.05) is 30.3 Å². The number of nitrogens with two attached hydrogens (primary N) is 2. The molecule has 0 saturated carbocycles. The van der Waals surface area contributed by atoms with Crippen LogP contribution in [0.5, 0.6) is 5.75 Å². The first-order valence-corrected chi connectivity index (χ1v) is 10.00. The van der Waals surface area contributed by atoms with Gasteiger partial charge in [-0.1, -0.05) is 42.5 Å². The molecule has 10 heteroatoms. The summed E-state index contributed by atoms with van der Waals surface area (Å²) in [5.41, 5.74) is 12.2. The Balaban J connectivity index is 1.89. The maximum Gasteiger partial charge on any atom is 0.272 e. The average Bonchev–Trinajstić information content (AvgIpc) is 3.18. The molecule has 3 rings (SSSR count). The van der Waals surface area contributed by atoms with Crippen molar-refractivity contribution in [2.45, 2.75) is 6.54 Å². The number of rotatable bonds is 8. The molecule has 0 aliphatic rings. The highest BCUT2D eigenvalue weighted by Gasteiger charge is 2.28. The van der Waals surface area contributed by atoms with Crippen LogP contribution in [-0.2, 0) is 11.3 Å². The van der Waals surface area contributed by atoms with Gasteiger partial charge in [-0.3, -0.25) is 19.3 Å². The van der Waals surface area contributed by atoms with Crippen molar-refractivity contribution in [3.8, 4) is 5.75 Å². The zero-order valence-corrected chi connectivity index (χ0v) is 17.5. The first-order chi connectivity index (χ1) is 14.9. The van der Waals surface area contributed by atoms with Crippen molar-refractivity contribution in [3.63, 3.8) is 0 Å². The molecular formula is C21H21N5O4S. The highest BCUT2D eigenvalue weighted by Crippen LogP contribution is 2.31. The molecule has 0 aliphatic carbocycles. The van der Waals surface area contributed by atoms with Gasteiger partial charge >= 0.3 is 0 Å². The number of para-hydroxylation sites is 2. The lowest BCUT2D eigenvalue weighted by atomic mass is 10.2.